The molecule has 2 aromatic rings. The lowest BCUT2D eigenvalue weighted by Crippen LogP contribution is -2.24. The maximum absolute atomic E-state index is 13.4. The molecule has 0 bridgehead atoms. The van der Waals surface area contributed by atoms with Gasteiger partial charge in [-0.1, -0.05) is 18.2 Å². The normalized spacial score (nSPS) is 10.4. The summed E-state index contributed by atoms with van der Waals surface area (Å²) in [7, 11) is 0. The van der Waals surface area contributed by atoms with E-state index in [0.29, 0.717) is 9.52 Å². The fourth-order valence-corrected chi connectivity index (χ4v) is 2.94. The molecule has 0 aliphatic carbocycles. The second-order valence-electron chi connectivity index (χ2n) is 4.11. The molecule has 0 fully saturated rings. The van der Waals surface area contributed by atoms with Gasteiger partial charge in [-0.15, -0.1) is 11.3 Å². The van der Waals surface area contributed by atoms with Crippen LogP contribution < -0.4 is 5.32 Å². The van der Waals surface area contributed by atoms with E-state index in [1.165, 1.54) is 17.4 Å². The van der Waals surface area contributed by atoms with Crippen molar-refractivity contribution in [2.45, 2.75) is 19.9 Å². The summed E-state index contributed by atoms with van der Waals surface area (Å²) in [6.07, 6.45) is 0.262. The minimum atomic E-state index is -0.309. The molecule has 0 atom stereocenters. The summed E-state index contributed by atoms with van der Waals surface area (Å²) in [6.45, 7) is 2.08. The molecule has 0 radical (unpaired) electrons. The predicted octanol–water partition coefficient (Wildman–Crippen LogP) is 3.11. The molecular formula is C13H13FN2OS2. The lowest BCUT2D eigenvalue weighted by atomic mass is 10.2. The number of H-pyrrole nitrogens is 1. The van der Waals surface area contributed by atoms with Gasteiger partial charge in [-0.2, -0.15) is 0 Å². The molecule has 0 aliphatic rings. The maximum atomic E-state index is 13.4. The zero-order chi connectivity index (χ0) is 13.8. The fourth-order valence-electron chi connectivity index (χ4n) is 1.65. The van der Waals surface area contributed by atoms with Gasteiger partial charge in [0.05, 0.1) is 6.42 Å². The first kappa shape index (κ1) is 13.9. The van der Waals surface area contributed by atoms with Gasteiger partial charge in [-0.05, 0) is 25.2 Å². The minimum absolute atomic E-state index is 0.142. The van der Waals surface area contributed by atoms with Crippen molar-refractivity contribution < 1.29 is 9.18 Å². The van der Waals surface area contributed by atoms with Gasteiger partial charge in [0.25, 0.3) is 0 Å². The van der Waals surface area contributed by atoms with E-state index in [2.05, 4.69) is 10.3 Å². The molecule has 1 aromatic carbocycles. The Bertz CT molecular complexity index is 648. The molecule has 100 valence electrons. The summed E-state index contributed by atoms with van der Waals surface area (Å²) in [4.78, 5) is 15.7. The zero-order valence-electron chi connectivity index (χ0n) is 10.3. The molecule has 1 heterocycles. The number of aryl methyl sites for hydroxylation is 1. The number of halogens is 1. The van der Waals surface area contributed by atoms with Crippen molar-refractivity contribution in [3.05, 3.63) is 50.2 Å². The van der Waals surface area contributed by atoms with Crippen molar-refractivity contribution >= 4 is 29.5 Å². The summed E-state index contributed by atoms with van der Waals surface area (Å²) in [5.74, 6) is -0.451. The van der Waals surface area contributed by atoms with Crippen molar-refractivity contribution in [1.29, 1.82) is 0 Å². The maximum Gasteiger partial charge on any atom is 0.225 e. The average molecular weight is 296 g/mol. The van der Waals surface area contributed by atoms with Crippen LogP contribution in [0.2, 0.25) is 0 Å². The van der Waals surface area contributed by atoms with E-state index in [4.69, 9.17) is 12.2 Å². The highest BCUT2D eigenvalue weighted by atomic mass is 32.1. The standard InChI is InChI=1S/C13H13FN2OS2/c1-8-11(19-13(18)16-8)6-12(17)15-7-9-4-2-3-5-10(9)14/h2-5H,6-7H2,1H3,(H,15,17)(H,16,18). The molecule has 19 heavy (non-hydrogen) atoms. The highest BCUT2D eigenvalue weighted by Crippen LogP contribution is 2.15. The lowest BCUT2D eigenvalue weighted by molar-refractivity contribution is -0.120. The van der Waals surface area contributed by atoms with Crippen LogP contribution in [0.1, 0.15) is 16.1 Å². The van der Waals surface area contributed by atoms with Gasteiger partial charge in [0, 0.05) is 22.7 Å². The first-order chi connectivity index (χ1) is 9.06. The summed E-state index contributed by atoms with van der Waals surface area (Å²) < 4.78 is 14.0. The highest BCUT2D eigenvalue weighted by Gasteiger charge is 2.09. The van der Waals surface area contributed by atoms with Gasteiger partial charge in [0.1, 0.15) is 5.82 Å². The molecule has 2 rings (SSSR count). The molecule has 0 aliphatic heterocycles. The third kappa shape index (κ3) is 3.71. The van der Waals surface area contributed by atoms with Gasteiger partial charge in [0.15, 0.2) is 3.95 Å². The van der Waals surface area contributed by atoms with E-state index in [9.17, 15) is 9.18 Å². The van der Waals surface area contributed by atoms with E-state index in [1.54, 1.807) is 18.2 Å². The lowest BCUT2D eigenvalue weighted by Gasteiger charge is -2.05. The second-order valence-corrected chi connectivity index (χ2v) is 5.88. The molecule has 0 saturated carbocycles. The number of hydrogen-bond donors (Lipinski definition) is 2. The number of benzene rings is 1. The van der Waals surface area contributed by atoms with Crippen LogP contribution >= 0.6 is 23.6 Å². The SMILES string of the molecule is Cc1[nH]c(=S)sc1CC(=O)NCc1ccccc1F. The number of rotatable bonds is 4. The van der Waals surface area contributed by atoms with Crippen molar-refractivity contribution in [3.8, 4) is 0 Å². The summed E-state index contributed by atoms with van der Waals surface area (Å²) in [5, 5.41) is 2.70. The number of amides is 1. The number of aromatic amines is 1. The Morgan fingerprint density at radius 3 is 2.84 bits per heavy atom. The van der Waals surface area contributed by atoms with Gasteiger partial charge >= 0.3 is 0 Å². The van der Waals surface area contributed by atoms with E-state index in [0.717, 1.165) is 10.6 Å². The molecule has 1 amide bonds. The number of carbonyl (C=O) groups excluding carboxylic acids is 1. The van der Waals surface area contributed by atoms with Gasteiger partial charge in [-0.3, -0.25) is 4.79 Å². The Kier molecular flexibility index (Phi) is 4.44. The van der Waals surface area contributed by atoms with Crippen LogP contribution in [0, 0.1) is 16.7 Å². The summed E-state index contributed by atoms with van der Waals surface area (Å²) >= 11 is 6.41. The van der Waals surface area contributed by atoms with Crippen LogP contribution in [0.25, 0.3) is 0 Å². The Labute approximate surface area is 119 Å². The van der Waals surface area contributed by atoms with E-state index in [1.807, 2.05) is 6.92 Å². The Balaban J connectivity index is 1.94. The van der Waals surface area contributed by atoms with Crippen LogP contribution in [0.5, 0.6) is 0 Å². The number of aromatic nitrogens is 1. The van der Waals surface area contributed by atoms with Crippen molar-refractivity contribution in [2.24, 2.45) is 0 Å². The van der Waals surface area contributed by atoms with Crippen LogP contribution in [0.4, 0.5) is 4.39 Å². The summed E-state index contributed by atoms with van der Waals surface area (Å²) in [5.41, 5.74) is 1.39. The molecule has 1 aromatic heterocycles. The second kappa shape index (κ2) is 6.08. The van der Waals surface area contributed by atoms with Gasteiger partial charge in [0.2, 0.25) is 5.91 Å². The van der Waals surface area contributed by atoms with Gasteiger partial charge < -0.3 is 10.3 Å². The van der Waals surface area contributed by atoms with Crippen LogP contribution in [0.3, 0.4) is 0 Å². The van der Waals surface area contributed by atoms with Crippen LogP contribution in [-0.4, -0.2) is 10.9 Å². The van der Waals surface area contributed by atoms with Crippen LogP contribution in [0.15, 0.2) is 24.3 Å². The third-order valence-corrected chi connectivity index (χ3v) is 4.02. The Morgan fingerprint density at radius 2 is 2.21 bits per heavy atom. The number of hydrogen-bond acceptors (Lipinski definition) is 3. The van der Waals surface area contributed by atoms with Crippen LogP contribution in [-0.2, 0) is 17.8 Å². The molecule has 3 nitrogen and oxygen atoms in total. The van der Waals surface area contributed by atoms with Crippen molar-refractivity contribution in [2.75, 3.05) is 0 Å². The Hall–Kier alpha value is -1.53. The quantitative estimate of drug-likeness (QED) is 0.852. The van der Waals surface area contributed by atoms with E-state index in [-0.39, 0.29) is 24.7 Å². The first-order valence-electron chi connectivity index (χ1n) is 5.75. The fraction of sp³-hybridized carbons (Fsp3) is 0.231. The molecule has 0 saturated heterocycles. The molecule has 0 unspecified atom stereocenters. The van der Waals surface area contributed by atoms with E-state index < -0.39 is 0 Å². The zero-order valence-corrected chi connectivity index (χ0v) is 12.0. The minimum Gasteiger partial charge on any atom is -0.352 e. The number of nitrogens with one attached hydrogen (secondary N) is 2. The molecule has 2 N–H and O–H groups in total. The molecular weight excluding hydrogens is 283 g/mol. The largest absolute Gasteiger partial charge is 0.352 e. The highest BCUT2D eigenvalue weighted by molar-refractivity contribution is 7.73. The molecule has 0 spiro atoms. The average Bonchev–Trinajstić information content (AvgIpc) is 2.67. The third-order valence-electron chi connectivity index (χ3n) is 2.68. The predicted molar refractivity (Wildman–Crippen MR) is 76.2 cm³/mol. The topological polar surface area (TPSA) is 44.9 Å². The van der Waals surface area contributed by atoms with Gasteiger partial charge in [-0.25, -0.2) is 4.39 Å². The monoisotopic (exact) mass is 296 g/mol. The van der Waals surface area contributed by atoms with Crippen molar-refractivity contribution in [3.63, 3.8) is 0 Å². The first-order valence-corrected chi connectivity index (χ1v) is 6.97. The summed E-state index contributed by atoms with van der Waals surface area (Å²) in [6, 6.07) is 6.40. The number of carbonyl (C=O) groups is 1. The Morgan fingerprint density at radius 1 is 1.47 bits per heavy atom. The number of thiazole rings is 1. The molecule has 6 heteroatoms. The van der Waals surface area contributed by atoms with E-state index >= 15 is 0 Å². The smallest absolute Gasteiger partial charge is 0.225 e. The van der Waals surface area contributed by atoms with Crippen molar-refractivity contribution in [1.82, 2.24) is 10.3 Å².